The average molecular weight is 252 g/mol. The zero-order valence-corrected chi connectivity index (χ0v) is 12.0. The van der Waals surface area contributed by atoms with Crippen molar-refractivity contribution in [3.63, 3.8) is 0 Å². The lowest BCUT2D eigenvalue weighted by atomic mass is 10.1. The predicted molar refractivity (Wildman–Crippen MR) is 75.8 cm³/mol. The van der Waals surface area contributed by atoms with Crippen molar-refractivity contribution in [3.8, 4) is 11.5 Å². The lowest BCUT2D eigenvalue weighted by molar-refractivity contribution is 0.400. The van der Waals surface area contributed by atoms with Crippen LogP contribution in [0, 0.1) is 12.8 Å². The van der Waals surface area contributed by atoms with E-state index < -0.39 is 0 Å². The Kier molecular flexibility index (Phi) is 5.28. The van der Waals surface area contributed by atoms with Crippen LogP contribution in [0.2, 0.25) is 0 Å². The molecule has 0 spiro atoms. The summed E-state index contributed by atoms with van der Waals surface area (Å²) in [5.74, 6) is 2.17. The second-order valence-electron chi connectivity index (χ2n) is 4.72. The molecule has 0 aliphatic carbocycles. The largest absolute Gasteiger partial charge is 0.496 e. The number of methoxy groups -OCH3 is 2. The minimum atomic E-state index is 0.437. The van der Waals surface area contributed by atoms with E-state index >= 15 is 0 Å². The van der Waals surface area contributed by atoms with Gasteiger partial charge in [0.05, 0.1) is 19.9 Å². The van der Waals surface area contributed by atoms with Gasteiger partial charge in [-0.25, -0.2) is 0 Å². The highest BCUT2D eigenvalue weighted by Gasteiger charge is 2.14. The molecule has 0 radical (unpaired) electrons. The lowest BCUT2D eigenvalue weighted by Crippen LogP contribution is -2.28. The maximum Gasteiger partial charge on any atom is 0.142 e. The van der Waals surface area contributed by atoms with Crippen molar-refractivity contribution in [1.82, 2.24) is 0 Å². The molecule has 18 heavy (non-hydrogen) atoms. The molecule has 2 N–H and O–H groups in total. The molecule has 0 heterocycles. The number of hydrogen-bond donors (Lipinski definition) is 1. The molecule has 0 aliphatic heterocycles. The van der Waals surface area contributed by atoms with Crippen LogP contribution in [-0.2, 0) is 0 Å². The summed E-state index contributed by atoms with van der Waals surface area (Å²) in [7, 11) is 5.41. The predicted octanol–water partition coefficient (Wildman–Crippen LogP) is 2.04. The summed E-state index contributed by atoms with van der Waals surface area (Å²) in [6, 6.07) is 4.01. The molecule has 102 valence electrons. The van der Waals surface area contributed by atoms with Crippen LogP contribution in [0.25, 0.3) is 0 Å². The van der Waals surface area contributed by atoms with E-state index in [1.165, 1.54) is 0 Å². The highest BCUT2D eigenvalue weighted by molar-refractivity contribution is 5.63. The first-order valence-electron chi connectivity index (χ1n) is 6.17. The topological polar surface area (TPSA) is 47.7 Å². The maximum absolute atomic E-state index is 5.67. The Morgan fingerprint density at radius 1 is 1.22 bits per heavy atom. The fraction of sp³-hybridized carbons (Fsp3) is 0.571. The summed E-state index contributed by atoms with van der Waals surface area (Å²) in [5, 5.41) is 0. The van der Waals surface area contributed by atoms with Crippen LogP contribution in [0.3, 0.4) is 0 Å². The van der Waals surface area contributed by atoms with Gasteiger partial charge in [0.1, 0.15) is 11.5 Å². The van der Waals surface area contributed by atoms with Gasteiger partial charge in [-0.15, -0.1) is 0 Å². The first kappa shape index (κ1) is 14.6. The van der Waals surface area contributed by atoms with E-state index in [1.807, 2.05) is 26.1 Å². The molecule has 0 saturated heterocycles. The van der Waals surface area contributed by atoms with Crippen LogP contribution in [0.1, 0.15) is 12.5 Å². The van der Waals surface area contributed by atoms with Crippen molar-refractivity contribution in [3.05, 3.63) is 17.7 Å². The number of aryl methyl sites for hydroxylation is 1. The number of ether oxygens (including phenoxy) is 2. The zero-order valence-electron chi connectivity index (χ0n) is 12.0. The number of hydrogen-bond acceptors (Lipinski definition) is 4. The molecule has 1 rings (SSSR count). The van der Waals surface area contributed by atoms with Crippen molar-refractivity contribution in [1.29, 1.82) is 0 Å². The van der Waals surface area contributed by atoms with Gasteiger partial charge in [0, 0.05) is 19.7 Å². The third-order valence-electron chi connectivity index (χ3n) is 3.10. The van der Waals surface area contributed by atoms with Crippen LogP contribution in [-0.4, -0.2) is 34.4 Å². The molecular weight excluding hydrogens is 228 g/mol. The highest BCUT2D eigenvalue weighted by atomic mass is 16.5. The molecular formula is C14H24N2O2. The Balaban J connectivity index is 3.05. The summed E-state index contributed by atoms with van der Waals surface area (Å²) in [4.78, 5) is 2.15. The van der Waals surface area contributed by atoms with Crippen molar-refractivity contribution in [2.45, 2.75) is 13.8 Å². The molecule has 4 heteroatoms. The van der Waals surface area contributed by atoms with E-state index in [0.717, 1.165) is 29.3 Å². The molecule has 0 saturated carbocycles. The smallest absolute Gasteiger partial charge is 0.142 e. The Morgan fingerprint density at radius 3 is 2.33 bits per heavy atom. The quantitative estimate of drug-likeness (QED) is 0.841. The van der Waals surface area contributed by atoms with Crippen LogP contribution in [0.5, 0.6) is 11.5 Å². The average Bonchev–Trinajstić information content (AvgIpc) is 2.37. The zero-order chi connectivity index (χ0) is 13.7. The standard InChI is InChI=1S/C14H24N2O2/c1-10(8-15)9-16(3)12-7-13(17-4)11(2)6-14(12)18-5/h6-7,10H,8-9,15H2,1-5H3. The van der Waals surface area contributed by atoms with Crippen molar-refractivity contribution in [2.75, 3.05) is 39.3 Å². The third kappa shape index (κ3) is 3.29. The second kappa shape index (κ2) is 6.50. The molecule has 1 aromatic rings. The van der Waals surface area contributed by atoms with E-state index in [1.54, 1.807) is 14.2 Å². The van der Waals surface area contributed by atoms with E-state index in [9.17, 15) is 0 Å². The molecule has 1 atom stereocenters. The maximum atomic E-state index is 5.67. The first-order valence-corrected chi connectivity index (χ1v) is 6.17. The van der Waals surface area contributed by atoms with E-state index in [2.05, 4.69) is 11.8 Å². The molecule has 0 amide bonds. The van der Waals surface area contributed by atoms with E-state index in [0.29, 0.717) is 12.5 Å². The SMILES string of the molecule is COc1cc(N(C)CC(C)CN)c(OC)cc1C. The summed E-state index contributed by atoms with van der Waals surface area (Å²) in [6.07, 6.45) is 0. The molecule has 0 aliphatic rings. The van der Waals surface area contributed by atoms with Gasteiger partial charge >= 0.3 is 0 Å². The highest BCUT2D eigenvalue weighted by Crippen LogP contribution is 2.34. The summed E-state index contributed by atoms with van der Waals surface area (Å²) in [5.41, 5.74) is 7.76. The molecule has 0 fully saturated rings. The van der Waals surface area contributed by atoms with Crippen LogP contribution in [0.4, 0.5) is 5.69 Å². The lowest BCUT2D eigenvalue weighted by Gasteiger charge is -2.25. The molecule has 4 nitrogen and oxygen atoms in total. The van der Waals surface area contributed by atoms with Gasteiger partial charge in [-0.05, 0) is 31.0 Å². The third-order valence-corrected chi connectivity index (χ3v) is 3.10. The Hall–Kier alpha value is -1.42. The van der Waals surface area contributed by atoms with E-state index in [-0.39, 0.29) is 0 Å². The van der Waals surface area contributed by atoms with Crippen molar-refractivity contribution >= 4 is 5.69 Å². The molecule has 0 aromatic heterocycles. The van der Waals surface area contributed by atoms with Gasteiger partial charge in [0.2, 0.25) is 0 Å². The van der Waals surface area contributed by atoms with Gasteiger partial charge in [0.25, 0.3) is 0 Å². The number of nitrogens with two attached hydrogens (primary N) is 1. The van der Waals surface area contributed by atoms with Gasteiger partial charge in [-0.3, -0.25) is 0 Å². The van der Waals surface area contributed by atoms with Crippen LogP contribution >= 0.6 is 0 Å². The van der Waals surface area contributed by atoms with Gasteiger partial charge < -0.3 is 20.1 Å². The second-order valence-corrected chi connectivity index (χ2v) is 4.72. The van der Waals surface area contributed by atoms with Gasteiger partial charge in [-0.2, -0.15) is 0 Å². The Labute approximate surface area is 110 Å². The molecule has 1 unspecified atom stereocenters. The summed E-state index contributed by atoms with van der Waals surface area (Å²) in [6.45, 7) is 5.71. The fourth-order valence-corrected chi connectivity index (χ4v) is 1.97. The summed E-state index contributed by atoms with van der Waals surface area (Å²) >= 11 is 0. The van der Waals surface area contributed by atoms with Crippen LogP contribution in [0.15, 0.2) is 12.1 Å². The van der Waals surface area contributed by atoms with Crippen molar-refractivity contribution in [2.24, 2.45) is 11.7 Å². The summed E-state index contributed by atoms with van der Waals surface area (Å²) < 4.78 is 10.8. The minimum Gasteiger partial charge on any atom is -0.496 e. The van der Waals surface area contributed by atoms with E-state index in [4.69, 9.17) is 15.2 Å². The number of benzene rings is 1. The van der Waals surface area contributed by atoms with Gasteiger partial charge in [-0.1, -0.05) is 6.92 Å². The minimum absolute atomic E-state index is 0.437. The normalized spacial score (nSPS) is 12.1. The number of nitrogens with zero attached hydrogens (tertiary/aromatic N) is 1. The van der Waals surface area contributed by atoms with Crippen molar-refractivity contribution < 1.29 is 9.47 Å². The van der Waals surface area contributed by atoms with Crippen LogP contribution < -0.4 is 20.1 Å². The molecule has 0 bridgehead atoms. The first-order chi connectivity index (χ1) is 8.53. The number of rotatable bonds is 6. The fourth-order valence-electron chi connectivity index (χ4n) is 1.97. The Bertz CT molecular complexity index is 394. The number of anilines is 1. The molecule has 1 aromatic carbocycles. The monoisotopic (exact) mass is 252 g/mol. The van der Waals surface area contributed by atoms with Gasteiger partial charge in [0.15, 0.2) is 0 Å². The Morgan fingerprint density at radius 2 is 1.83 bits per heavy atom.